The predicted octanol–water partition coefficient (Wildman–Crippen LogP) is 2.87. The number of aliphatic hydroxyl groups excluding tert-OH is 1. The van der Waals surface area contributed by atoms with Gasteiger partial charge in [0.15, 0.2) is 5.76 Å². The molecule has 6 nitrogen and oxygen atoms in total. The van der Waals surface area contributed by atoms with Gasteiger partial charge in [0, 0.05) is 18.6 Å². The van der Waals surface area contributed by atoms with Gasteiger partial charge in [0.05, 0.1) is 16.1 Å². The topological polar surface area (TPSA) is 91.6 Å². The summed E-state index contributed by atoms with van der Waals surface area (Å²) >= 11 is 1.22. The molecule has 0 aromatic carbocycles. The van der Waals surface area contributed by atoms with E-state index < -0.39 is 0 Å². The highest BCUT2D eigenvalue weighted by molar-refractivity contribution is 7.18. The number of rotatable bonds is 5. The summed E-state index contributed by atoms with van der Waals surface area (Å²) in [5.74, 6) is -0.159. The highest BCUT2D eigenvalue weighted by Gasteiger charge is 2.26. The van der Waals surface area contributed by atoms with Crippen molar-refractivity contribution in [1.29, 1.82) is 0 Å². The molecule has 2 aromatic rings. The first-order chi connectivity index (χ1) is 11.7. The Kier molecular flexibility index (Phi) is 5.32. The Morgan fingerprint density at radius 1 is 1.21 bits per heavy atom. The summed E-state index contributed by atoms with van der Waals surface area (Å²) < 4.78 is 5.04. The van der Waals surface area contributed by atoms with E-state index in [0.717, 1.165) is 25.7 Å². The molecule has 2 unspecified atom stereocenters. The predicted molar refractivity (Wildman–Crippen MR) is 91.3 cm³/mol. The Morgan fingerprint density at radius 3 is 2.79 bits per heavy atom. The minimum absolute atomic E-state index is 0.0134. The van der Waals surface area contributed by atoms with Crippen LogP contribution < -0.4 is 10.6 Å². The SMILES string of the molecule is O=C(Nc1ccc(C(=O)NC2CCCCC2CO)s1)c1ccco1. The van der Waals surface area contributed by atoms with E-state index in [1.165, 1.54) is 17.6 Å². The Balaban J connectivity index is 1.60. The summed E-state index contributed by atoms with van der Waals surface area (Å²) in [5, 5.41) is 15.7. The van der Waals surface area contributed by atoms with Gasteiger partial charge in [-0.2, -0.15) is 0 Å². The van der Waals surface area contributed by atoms with Gasteiger partial charge in [-0.25, -0.2) is 0 Å². The number of thiophene rings is 1. The van der Waals surface area contributed by atoms with Crippen LogP contribution >= 0.6 is 11.3 Å². The number of nitrogens with one attached hydrogen (secondary N) is 2. The van der Waals surface area contributed by atoms with Crippen LogP contribution in [0.3, 0.4) is 0 Å². The first-order valence-electron chi connectivity index (χ1n) is 8.04. The van der Waals surface area contributed by atoms with E-state index in [-0.39, 0.29) is 36.1 Å². The molecule has 1 saturated carbocycles. The molecule has 7 heteroatoms. The van der Waals surface area contributed by atoms with Crippen molar-refractivity contribution in [2.45, 2.75) is 31.7 Å². The lowest BCUT2D eigenvalue weighted by molar-refractivity contribution is 0.0876. The maximum Gasteiger partial charge on any atom is 0.291 e. The summed E-state index contributed by atoms with van der Waals surface area (Å²) in [6.07, 6.45) is 5.43. The normalized spacial score (nSPS) is 20.5. The zero-order valence-corrected chi connectivity index (χ0v) is 14.0. The number of carbonyl (C=O) groups is 2. The van der Waals surface area contributed by atoms with E-state index in [1.807, 2.05) is 0 Å². The van der Waals surface area contributed by atoms with Gasteiger partial charge in [0.1, 0.15) is 0 Å². The van der Waals surface area contributed by atoms with Gasteiger partial charge in [-0.15, -0.1) is 11.3 Å². The number of hydrogen-bond donors (Lipinski definition) is 3. The first-order valence-corrected chi connectivity index (χ1v) is 8.85. The van der Waals surface area contributed by atoms with Crippen molar-refractivity contribution >= 4 is 28.2 Å². The van der Waals surface area contributed by atoms with Crippen LogP contribution in [0.2, 0.25) is 0 Å². The van der Waals surface area contributed by atoms with E-state index in [0.29, 0.717) is 9.88 Å². The second-order valence-corrected chi connectivity index (χ2v) is 6.99. The van der Waals surface area contributed by atoms with Crippen LogP contribution in [-0.4, -0.2) is 29.6 Å². The number of anilines is 1. The molecule has 128 valence electrons. The summed E-state index contributed by atoms with van der Waals surface area (Å²) in [5.41, 5.74) is 0. The fraction of sp³-hybridized carbons (Fsp3) is 0.412. The zero-order chi connectivity index (χ0) is 16.9. The minimum Gasteiger partial charge on any atom is -0.459 e. The third-order valence-corrected chi connectivity index (χ3v) is 5.27. The molecule has 0 saturated heterocycles. The van der Waals surface area contributed by atoms with E-state index in [1.54, 1.807) is 24.3 Å². The van der Waals surface area contributed by atoms with Crippen molar-refractivity contribution in [2.24, 2.45) is 5.92 Å². The lowest BCUT2D eigenvalue weighted by Crippen LogP contribution is -2.43. The maximum absolute atomic E-state index is 12.4. The van der Waals surface area contributed by atoms with Gasteiger partial charge in [0.2, 0.25) is 0 Å². The quantitative estimate of drug-likeness (QED) is 0.775. The molecule has 1 aliphatic carbocycles. The molecule has 1 fully saturated rings. The number of aliphatic hydroxyl groups is 1. The third-order valence-electron chi connectivity index (χ3n) is 4.27. The zero-order valence-electron chi connectivity index (χ0n) is 13.2. The molecule has 2 amide bonds. The molecule has 0 bridgehead atoms. The molecule has 0 radical (unpaired) electrons. The fourth-order valence-corrected chi connectivity index (χ4v) is 3.77. The molecule has 2 atom stereocenters. The highest BCUT2D eigenvalue weighted by atomic mass is 32.1. The highest BCUT2D eigenvalue weighted by Crippen LogP contribution is 2.26. The molecular formula is C17H20N2O4S. The van der Waals surface area contributed by atoms with Crippen molar-refractivity contribution in [3.63, 3.8) is 0 Å². The first kappa shape index (κ1) is 16.7. The van der Waals surface area contributed by atoms with Crippen molar-refractivity contribution in [2.75, 3.05) is 11.9 Å². The summed E-state index contributed by atoms with van der Waals surface area (Å²) in [7, 11) is 0. The van der Waals surface area contributed by atoms with Gasteiger partial charge in [-0.3, -0.25) is 9.59 Å². The molecule has 1 aliphatic rings. The van der Waals surface area contributed by atoms with Crippen LogP contribution in [-0.2, 0) is 0 Å². The van der Waals surface area contributed by atoms with Crippen molar-refractivity contribution in [1.82, 2.24) is 5.32 Å². The molecule has 0 aliphatic heterocycles. The second kappa shape index (κ2) is 7.63. The lowest BCUT2D eigenvalue weighted by Gasteiger charge is -2.30. The average Bonchev–Trinajstić information content (AvgIpc) is 3.27. The largest absolute Gasteiger partial charge is 0.459 e. The van der Waals surface area contributed by atoms with Crippen LogP contribution in [0.1, 0.15) is 45.9 Å². The monoisotopic (exact) mass is 348 g/mol. The van der Waals surface area contributed by atoms with E-state index in [4.69, 9.17) is 4.42 Å². The summed E-state index contributed by atoms with van der Waals surface area (Å²) in [6, 6.07) is 6.62. The van der Waals surface area contributed by atoms with Crippen LogP contribution in [0.15, 0.2) is 34.9 Å². The second-order valence-electron chi connectivity index (χ2n) is 5.90. The van der Waals surface area contributed by atoms with Crippen LogP contribution in [0.5, 0.6) is 0 Å². The van der Waals surface area contributed by atoms with Crippen LogP contribution in [0.4, 0.5) is 5.00 Å². The molecule has 2 heterocycles. The van der Waals surface area contributed by atoms with Gasteiger partial charge < -0.3 is 20.2 Å². The molecular weight excluding hydrogens is 328 g/mol. The van der Waals surface area contributed by atoms with Crippen molar-refractivity contribution in [3.05, 3.63) is 41.2 Å². The molecule has 24 heavy (non-hydrogen) atoms. The Bertz CT molecular complexity index is 695. The number of amides is 2. The van der Waals surface area contributed by atoms with E-state index in [2.05, 4.69) is 10.6 Å². The smallest absolute Gasteiger partial charge is 0.291 e. The molecule has 3 N–H and O–H groups in total. The fourth-order valence-electron chi connectivity index (χ4n) is 2.96. The van der Waals surface area contributed by atoms with Gasteiger partial charge in [-0.1, -0.05) is 12.8 Å². The van der Waals surface area contributed by atoms with Crippen molar-refractivity contribution in [3.8, 4) is 0 Å². The average molecular weight is 348 g/mol. The maximum atomic E-state index is 12.4. The van der Waals surface area contributed by atoms with Crippen LogP contribution in [0, 0.1) is 5.92 Å². The third kappa shape index (κ3) is 3.85. The molecule has 3 rings (SSSR count). The van der Waals surface area contributed by atoms with Gasteiger partial charge in [0.25, 0.3) is 11.8 Å². The minimum atomic E-state index is -0.346. The Labute approximate surface area is 143 Å². The molecule has 2 aromatic heterocycles. The van der Waals surface area contributed by atoms with Crippen LogP contribution in [0.25, 0.3) is 0 Å². The number of hydrogen-bond acceptors (Lipinski definition) is 5. The summed E-state index contributed by atoms with van der Waals surface area (Å²) in [6.45, 7) is 0.0971. The summed E-state index contributed by atoms with van der Waals surface area (Å²) in [4.78, 5) is 24.8. The van der Waals surface area contributed by atoms with Gasteiger partial charge in [-0.05, 0) is 37.1 Å². The Morgan fingerprint density at radius 2 is 2.04 bits per heavy atom. The van der Waals surface area contributed by atoms with Crippen molar-refractivity contribution < 1.29 is 19.1 Å². The number of furan rings is 1. The Hall–Kier alpha value is -2.12. The van der Waals surface area contributed by atoms with E-state index in [9.17, 15) is 14.7 Å². The standard InChI is InChI=1S/C17H20N2O4S/c20-10-11-4-1-2-5-12(11)18-17(22)14-7-8-15(24-14)19-16(21)13-6-3-9-23-13/h3,6-9,11-12,20H,1-2,4-5,10H2,(H,18,22)(H,19,21). The molecule has 0 spiro atoms. The van der Waals surface area contributed by atoms with Gasteiger partial charge >= 0.3 is 0 Å². The van der Waals surface area contributed by atoms with E-state index >= 15 is 0 Å². The lowest BCUT2D eigenvalue weighted by atomic mass is 9.85. The number of carbonyl (C=O) groups excluding carboxylic acids is 2.